The molecule has 0 saturated heterocycles. The number of rotatable bonds is 4. The van der Waals surface area contributed by atoms with Crippen LogP contribution in [-0.2, 0) is 4.74 Å². The molecule has 0 atom stereocenters. The first-order chi connectivity index (χ1) is 7.56. The number of methoxy groups -OCH3 is 1. The molecule has 0 aliphatic heterocycles. The standard InChI is InChI=1S/C13H19O2Si/c1-10(2)13(14-3)15-11-8-6-7-9-12(11)16(4)5/h6-9H,1-5H3. The van der Waals surface area contributed by atoms with Crippen LogP contribution in [0.3, 0.4) is 0 Å². The highest BCUT2D eigenvalue weighted by molar-refractivity contribution is 6.71. The first kappa shape index (κ1) is 12.8. The molecule has 0 aliphatic rings. The van der Waals surface area contributed by atoms with Crippen molar-refractivity contribution < 1.29 is 9.47 Å². The molecule has 87 valence electrons. The predicted octanol–water partition coefficient (Wildman–Crippen LogP) is 2.92. The Bertz CT molecular complexity index is 379. The van der Waals surface area contributed by atoms with Crippen LogP contribution in [0.4, 0.5) is 0 Å². The van der Waals surface area contributed by atoms with E-state index in [1.807, 2.05) is 26.0 Å². The summed E-state index contributed by atoms with van der Waals surface area (Å²) in [6, 6.07) is 8.16. The lowest BCUT2D eigenvalue weighted by molar-refractivity contribution is 0.147. The number of hydrogen-bond acceptors (Lipinski definition) is 2. The van der Waals surface area contributed by atoms with E-state index < -0.39 is 8.80 Å². The van der Waals surface area contributed by atoms with Crippen molar-refractivity contribution in [1.29, 1.82) is 0 Å². The van der Waals surface area contributed by atoms with Gasteiger partial charge in [0.25, 0.3) is 5.95 Å². The molecule has 0 N–H and O–H groups in total. The molecule has 0 saturated carbocycles. The lowest BCUT2D eigenvalue weighted by atomic mass is 10.3. The number of allylic oxidation sites excluding steroid dienone is 1. The SMILES string of the molecule is COC(Oc1ccccc1[Si](C)C)=C(C)C. The summed E-state index contributed by atoms with van der Waals surface area (Å²) in [6.45, 7) is 8.46. The van der Waals surface area contributed by atoms with E-state index >= 15 is 0 Å². The Morgan fingerprint density at radius 3 is 2.25 bits per heavy atom. The van der Waals surface area contributed by atoms with Crippen molar-refractivity contribution in [2.45, 2.75) is 26.9 Å². The minimum atomic E-state index is -0.524. The molecule has 0 amide bonds. The van der Waals surface area contributed by atoms with E-state index in [1.165, 1.54) is 5.19 Å². The number of ether oxygens (including phenoxy) is 2. The first-order valence-electron chi connectivity index (χ1n) is 5.35. The summed E-state index contributed by atoms with van der Waals surface area (Å²) < 4.78 is 11.0. The minimum absolute atomic E-state index is 0.524. The molecule has 0 bridgehead atoms. The highest BCUT2D eigenvalue weighted by Gasteiger charge is 2.10. The third-order valence-corrected chi connectivity index (χ3v) is 3.71. The van der Waals surface area contributed by atoms with Gasteiger partial charge in [-0.1, -0.05) is 31.3 Å². The van der Waals surface area contributed by atoms with Crippen LogP contribution in [-0.4, -0.2) is 15.9 Å². The second-order valence-electron chi connectivity index (χ2n) is 4.09. The van der Waals surface area contributed by atoms with Gasteiger partial charge in [-0.15, -0.1) is 0 Å². The predicted molar refractivity (Wildman–Crippen MR) is 69.6 cm³/mol. The topological polar surface area (TPSA) is 18.5 Å². The van der Waals surface area contributed by atoms with Crippen molar-refractivity contribution >= 4 is 14.0 Å². The molecule has 1 aromatic carbocycles. The van der Waals surface area contributed by atoms with Crippen LogP contribution in [0.25, 0.3) is 0 Å². The largest absolute Gasteiger partial charge is 0.469 e. The minimum Gasteiger partial charge on any atom is -0.469 e. The number of benzene rings is 1. The molecular formula is C13H19O2Si. The summed E-state index contributed by atoms with van der Waals surface area (Å²) in [5.41, 5.74) is 1.04. The fourth-order valence-corrected chi connectivity index (χ4v) is 2.47. The van der Waals surface area contributed by atoms with Gasteiger partial charge < -0.3 is 9.47 Å². The quantitative estimate of drug-likeness (QED) is 0.590. The third kappa shape index (κ3) is 3.13. The van der Waals surface area contributed by atoms with Crippen molar-refractivity contribution in [3.05, 3.63) is 35.8 Å². The van der Waals surface area contributed by atoms with Gasteiger partial charge in [0.1, 0.15) is 5.75 Å². The van der Waals surface area contributed by atoms with Crippen LogP contribution in [0.2, 0.25) is 13.1 Å². The van der Waals surface area contributed by atoms with Gasteiger partial charge in [0.2, 0.25) is 0 Å². The molecule has 2 nitrogen and oxygen atoms in total. The van der Waals surface area contributed by atoms with Gasteiger partial charge in [0.05, 0.1) is 15.9 Å². The summed E-state index contributed by atoms with van der Waals surface area (Å²) in [4.78, 5) is 0. The normalized spacial score (nSPS) is 10.1. The lowest BCUT2D eigenvalue weighted by Gasteiger charge is -2.15. The zero-order valence-electron chi connectivity index (χ0n) is 10.6. The average molecular weight is 235 g/mol. The summed E-state index contributed by atoms with van der Waals surface area (Å²) in [6.07, 6.45) is 0. The number of para-hydroxylation sites is 1. The Labute approximate surface area is 99.5 Å². The van der Waals surface area contributed by atoms with Crippen LogP contribution in [0.15, 0.2) is 35.8 Å². The van der Waals surface area contributed by atoms with Gasteiger partial charge in [-0.3, -0.25) is 0 Å². The van der Waals surface area contributed by atoms with Crippen LogP contribution in [0.5, 0.6) is 5.75 Å². The molecule has 0 spiro atoms. The number of hydrogen-bond donors (Lipinski definition) is 0. The molecule has 1 aromatic rings. The van der Waals surface area contributed by atoms with E-state index in [2.05, 4.69) is 25.2 Å². The van der Waals surface area contributed by atoms with Gasteiger partial charge in [0.15, 0.2) is 0 Å². The molecule has 0 aliphatic carbocycles. The van der Waals surface area contributed by atoms with E-state index in [-0.39, 0.29) is 0 Å². The molecule has 0 heterocycles. The van der Waals surface area contributed by atoms with Gasteiger partial charge in [-0.2, -0.15) is 0 Å². The van der Waals surface area contributed by atoms with Crippen molar-refractivity contribution in [3.63, 3.8) is 0 Å². The molecule has 0 aromatic heterocycles. The lowest BCUT2D eigenvalue weighted by Crippen LogP contribution is -2.24. The summed E-state index contributed by atoms with van der Waals surface area (Å²) >= 11 is 0. The maximum Gasteiger partial charge on any atom is 0.282 e. The zero-order valence-corrected chi connectivity index (χ0v) is 11.6. The van der Waals surface area contributed by atoms with Gasteiger partial charge >= 0.3 is 0 Å². The second kappa shape index (κ2) is 5.75. The highest BCUT2D eigenvalue weighted by Crippen LogP contribution is 2.14. The van der Waals surface area contributed by atoms with Crippen LogP contribution in [0.1, 0.15) is 13.8 Å². The maximum absolute atomic E-state index is 5.80. The Balaban J connectivity index is 3.01. The Kier molecular flexibility index (Phi) is 4.62. The molecule has 3 heteroatoms. The summed E-state index contributed by atoms with van der Waals surface area (Å²) in [5.74, 6) is 1.51. The molecular weight excluding hydrogens is 216 g/mol. The summed E-state index contributed by atoms with van der Waals surface area (Å²) in [7, 11) is 1.11. The van der Waals surface area contributed by atoms with Crippen molar-refractivity contribution in [2.24, 2.45) is 0 Å². The Morgan fingerprint density at radius 1 is 1.12 bits per heavy atom. The molecule has 0 fully saturated rings. The van der Waals surface area contributed by atoms with Gasteiger partial charge in [-0.05, 0) is 25.1 Å². The van der Waals surface area contributed by atoms with Crippen LogP contribution < -0.4 is 9.92 Å². The van der Waals surface area contributed by atoms with Crippen molar-refractivity contribution in [2.75, 3.05) is 7.11 Å². The first-order valence-corrected chi connectivity index (χ1v) is 7.85. The van der Waals surface area contributed by atoms with Crippen LogP contribution in [0, 0.1) is 0 Å². The Morgan fingerprint density at radius 2 is 1.75 bits per heavy atom. The van der Waals surface area contributed by atoms with E-state index in [1.54, 1.807) is 7.11 Å². The Hall–Kier alpha value is -1.22. The zero-order chi connectivity index (χ0) is 12.1. The highest BCUT2D eigenvalue weighted by atomic mass is 28.3. The smallest absolute Gasteiger partial charge is 0.282 e. The fraction of sp³-hybridized carbons (Fsp3) is 0.385. The maximum atomic E-state index is 5.80. The fourth-order valence-electron chi connectivity index (χ4n) is 1.42. The monoisotopic (exact) mass is 235 g/mol. The summed E-state index contributed by atoms with van der Waals surface area (Å²) in [5, 5.41) is 1.29. The second-order valence-corrected chi connectivity index (χ2v) is 6.63. The van der Waals surface area contributed by atoms with Gasteiger partial charge in [-0.25, -0.2) is 0 Å². The van der Waals surface area contributed by atoms with E-state index in [0.717, 1.165) is 11.3 Å². The van der Waals surface area contributed by atoms with E-state index in [0.29, 0.717) is 5.95 Å². The molecule has 1 radical (unpaired) electrons. The van der Waals surface area contributed by atoms with Crippen LogP contribution >= 0.6 is 0 Å². The van der Waals surface area contributed by atoms with Crippen molar-refractivity contribution in [3.8, 4) is 5.75 Å². The van der Waals surface area contributed by atoms with E-state index in [9.17, 15) is 0 Å². The van der Waals surface area contributed by atoms with E-state index in [4.69, 9.17) is 9.47 Å². The third-order valence-electron chi connectivity index (χ3n) is 2.22. The molecule has 1 rings (SSSR count). The molecule has 0 unspecified atom stereocenters. The molecule has 16 heavy (non-hydrogen) atoms. The van der Waals surface area contributed by atoms with Crippen molar-refractivity contribution in [1.82, 2.24) is 0 Å². The van der Waals surface area contributed by atoms with Gasteiger partial charge in [0, 0.05) is 5.57 Å². The average Bonchev–Trinajstić information content (AvgIpc) is 2.25.